The number of para-hydroxylation sites is 1. The Bertz CT molecular complexity index is 2740. The van der Waals surface area contributed by atoms with E-state index in [4.69, 9.17) is 9.97 Å². The van der Waals surface area contributed by atoms with Crippen molar-refractivity contribution in [3.8, 4) is 61.8 Å². The van der Waals surface area contributed by atoms with Crippen molar-refractivity contribution in [3.05, 3.63) is 187 Å². The van der Waals surface area contributed by atoms with Crippen molar-refractivity contribution < 1.29 is 0 Å². The predicted molar refractivity (Wildman–Crippen MR) is 216 cm³/mol. The average molecular weight is 666 g/mol. The molecule has 0 spiro atoms. The molecular weight excluding hydrogens is 631 g/mol. The van der Waals surface area contributed by atoms with Crippen LogP contribution in [0, 0.1) is 0 Å². The Morgan fingerprint density at radius 3 is 1.56 bits per heavy atom. The lowest BCUT2D eigenvalue weighted by atomic mass is 9.82. The van der Waals surface area contributed by atoms with Gasteiger partial charge in [-0.25, -0.2) is 9.97 Å². The molecular formula is C49H35N3. The van der Waals surface area contributed by atoms with Gasteiger partial charge < -0.3 is 4.57 Å². The summed E-state index contributed by atoms with van der Waals surface area (Å²) in [4.78, 5) is 10.3. The van der Waals surface area contributed by atoms with Gasteiger partial charge in [0.15, 0.2) is 5.82 Å². The average Bonchev–Trinajstić information content (AvgIpc) is 3.66. The molecule has 0 atom stereocenters. The predicted octanol–water partition coefficient (Wildman–Crippen LogP) is 12.5. The Hall–Kier alpha value is -6.58. The van der Waals surface area contributed by atoms with Crippen molar-refractivity contribution in [3.63, 3.8) is 0 Å². The van der Waals surface area contributed by atoms with Crippen LogP contribution in [0.2, 0.25) is 0 Å². The van der Waals surface area contributed by atoms with Crippen LogP contribution in [0.1, 0.15) is 25.0 Å². The highest BCUT2D eigenvalue weighted by Gasteiger charge is 2.35. The highest BCUT2D eigenvalue weighted by Crippen LogP contribution is 2.49. The molecule has 0 saturated heterocycles. The molecule has 0 unspecified atom stereocenters. The van der Waals surface area contributed by atoms with Gasteiger partial charge in [0, 0.05) is 38.6 Å². The van der Waals surface area contributed by atoms with Gasteiger partial charge in [0.05, 0.1) is 22.4 Å². The molecule has 9 aromatic rings. The number of rotatable bonds is 5. The maximum Gasteiger partial charge on any atom is 0.160 e. The molecule has 0 amide bonds. The van der Waals surface area contributed by atoms with Gasteiger partial charge in [0.25, 0.3) is 0 Å². The van der Waals surface area contributed by atoms with Crippen LogP contribution in [0.15, 0.2) is 176 Å². The van der Waals surface area contributed by atoms with Crippen molar-refractivity contribution in [2.24, 2.45) is 0 Å². The number of hydrogen-bond acceptors (Lipinski definition) is 2. The first-order valence-corrected chi connectivity index (χ1v) is 17.9. The fourth-order valence-corrected chi connectivity index (χ4v) is 8.19. The van der Waals surface area contributed by atoms with Crippen LogP contribution in [0.4, 0.5) is 0 Å². The van der Waals surface area contributed by atoms with Crippen LogP contribution in [0.25, 0.3) is 83.6 Å². The van der Waals surface area contributed by atoms with Gasteiger partial charge in [0.2, 0.25) is 0 Å². The van der Waals surface area contributed by atoms with Crippen molar-refractivity contribution >= 4 is 21.8 Å². The van der Waals surface area contributed by atoms with Crippen molar-refractivity contribution in [1.82, 2.24) is 14.5 Å². The molecule has 0 radical (unpaired) electrons. The number of benzene rings is 7. The van der Waals surface area contributed by atoms with E-state index >= 15 is 0 Å². The molecule has 3 nitrogen and oxygen atoms in total. The molecule has 0 bridgehead atoms. The Morgan fingerprint density at radius 2 is 0.904 bits per heavy atom. The lowest BCUT2D eigenvalue weighted by molar-refractivity contribution is 0.660. The third-order valence-corrected chi connectivity index (χ3v) is 10.8. The van der Waals surface area contributed by atoms with E-state index in [9.17, 15) is 0 Å². The van der Waals surface area contributed by atoms with Gasteiger partial charge in [0.1, 0.15) is 0 Å². The van der Waals surface area contributed by atoms with Crippen molar-refractivity contribution in [2.45, 2.75) is 19.3 Å². The summed E-state index contributed by atoms with van der Waals surface area (Å²) in [5.74, 6) is 0.707. The molecule has 1 aliphatic rings. The van der Waals surface area contributed by atoms with Gasteiger partial charge in [-0.3, -0.25) is 0 Å². The first-order valence-electron chi connectivity index (χ1n) is 17.9. The van der Waals surface area contributed by atoms with E-state index < -0.39 is 0 Å². The van der Waals surface area contributed by atoms with Crippen molar-refractivity contribution in [1.29, 1.82) is 0 Å². The van der Waals surface area contributed by atoms with E-state index in [1.54, 1.807) is 0 Å². The maximum atomic E-state index is 5.16. The van der Waals surface area contributed by atoms with E-state index in [2.05, 4.69) is 182 Å². The third kappa shape index (κ3) is 4.81. The molecule has 2 aromatic heterocycles. The molecule has 52 heavy (non-hydrogen) atoms. The van der Waals surface area contributed by atoms with Crippen LogP contribution in [-0.4, -0.2) is 14.5 Å². The number of nitrogens with zero attached hydrogens (tertiary/aromatic N) is 3. The molecule has 0 fully saturated rings. The number of fused-ring (bicyclic) bond motifs is 6. The Labute approximate surface area is 303 Å². The Morgan fingerprint density at radius 1 is 0.404 bits per heavy atom. The Kier molecular flexibility index (Phi) is 6.84. The zero-order valence-corrected chi connectivity index (χ0v) is 29.1. The molecule has 3 heteroatoms. The lowest BCUT2D eigenvalue weighted by Crippen LogP contribution is -2.14. The second kappa shape index (κ2) is 11.8. The third-order valence-electron chi connectivity index (χ3n) is 10.8. The summed E-state index contributed by atoms with van der Waals surface area (Å²) in [6.45, 7) is 4.67. The van der Waals surface area contributed by atoms with Crippen LogP contribution in [-0.2, 0) is 5.41 Å². The molecule has 246 valence electrons. The smallest absolute Gasteiger partial charge is 0.160 e. The van der Waals surface area contributed by atoms with E-state index in [1.807, 2.05) is 12.1 Å². The van der Waals surface area contributed by atoms with Crippen LogP contribution in [0.3, 0.4) is 0 Å². The minimum Gasteiger partial charge on any atom is -0.309 e. The quantitative estimate of drug-likeness (QED) is 0.183. The molecule has 0 saturated carbocycles. The van der Waals surface area contributed by atoms with Crippen LogP contribution in [0.5, 0.6) is 0 Å². The number of aromatic nitrogens is 3. The van der Waals surface area contributed by atoms with Crippen LogP contribution >= 0.6 is 0 Å². The van der Waals surface area contributed by atoms with Gasteiger partial charge in [-0.1, -0.05) is 135 Å². The second-order valence-corrected chi connectivity index (χ2v) is 14.3. The summed E-state index contributed by atoms with van der Waals surface area (Å²) < 4.78 is 2.37. The largest absolute Gasteiger partial charge is 0.309 e. The first-order chi connectivity index (χ1) is 25.5. The van der Waals surface area contributed by atoms with Gasteiger partial charge in [-0.05, 0) is 88.0 Å². The number of hydrogen-bond donors (Lipinski definition) is 0. The van der Waals surface area contributed by atoms with E-state index in [-0.39, 0.29) is 5.41 Å². The topological polar surface area (TPSA) is 30.7 Å². The first kappa shape index (κ1) is 30.3. The normalized spacial score (nSPS) is 13.0. The van der Waals surface area contributed by atoms with Gasteiger partial charge in [-0.2, -0.15) is 0 Å². The SMILES string of the molecule is CC1(C)c2ccccc2-c2cc(-c3ccc4c(c3)c3cc(-c5nc(-c6ccccc6)cc(-c6ccccc6)n5)ccc3n4-c3ccccc3)ccc21. The summed E-state index contributed by atoms with van der Waals surface area (Å²) in [6.07, 6.45) is 0. The molecule has 2 heterocycles. The molecule has 7 aromatic carbocycles. The highest BCUT2D eigenvalue weighted by atomic mass is 15.0. The minimum absolute atomic E-state index is 0.0197. The zero-order chi connectivity index (χ0) is 34.8. The molecule has 0 aliphatic heterocycles. The summed E-state index contributed by atoms with van der Waals surface area (Å²) in [7, 11) is 0. The fourth-order valence-electron chi connectivity index (χ4n) is 8.19. The van der Waals surface area contributed by atoms with E-state index in [0.717, 1.165) is 39.3 Å². The van der Waals surface area contributed by atoms with Crippen LogP contribution < -0.4 is 0 Å². The molecule has 0 N–H and O–H groups in total. The summed E-state index contributed by atoms with van der Waals surface area (Å²) >= 11 is 0. The van der Waals surface area contributed by atoms with E-state index in [1.165, 1.54) is 49.7 Å². The second-order valence-electron chi connectivity index (χ2n) is 14.3. The van der Waals surface area contributed by atoms with Crippen molar-refractivity contribution in [2.75, 3.05) is 0 Å². The van der Waals surface area contributed by atoms with E-state index in [0.29, 0.717) is 5.82 Å². The Balaban J connectivity index is 1.18. The summed E-state index contributed by atoms with van der Waals surface area (Å²) in [5.41, 5.74) is 16.2. The summed E-state index contributed by atoms with van der Waals surface area (Å²) in [5, 5.41) is 2.36. The zero-order valence-electron chi connectivity index (χ0n) is 29.1. The lowest BCUT2D eigenvalue weighted by Gasteiger charge is -2.21. The maximum absolute atomic E-state index is 5.16. The monoisotopic (exact) mass is 665 g/mol. The standard InChI is InChI=1S/C49H35N3/c1-49(2)42-21-13-12-20-38(42)39-28-34(22-25-43(39)49)35-23-26-46-40(29-35)41-30-36(24-27-47(41)52(46)37-18-10-5-11-19-37)48-50-44(32-14-6-3-7-15-32)31-45(51-48)33-16-8-4-9-17-33/h3-31H,1-2H3. The summed E-state index contributed by atoms with van der Waals surface area (Å²) in [6, 6.07) is 62.9. The minimum atomic E-state index is -0.0197. The fraction of sp³-hybridized carbons (Fsp3) is 0.0612. The molecule has 10 rings (SSSR count). The van der Waals surface area contributed by atoms with Gasteiger partial charge in [-0.15, -0.1) is 0 Å². The highest BCUT2D eigenvalue weighted by molar-refractivity contribution is 6.11. The van der Waals surface area contributed by atoms with Gasteiger partial charge >= 0.3 is 0 Å². The molecule has 1 aliphatic carbocycles.